The molecular weight excluding hydrogens is 356 g/mol. The van der Waals surface area contributed by atoms with Crippen LogP contribution in [-0.4, -0.2) is 38.8 Å². The average molecular weight is 374 g/mol. The molecule has 2 amide bonds. The van der Waals surface area contributed by atoms with Gasteiger partial charge in [-0.15, -0.1) is 0 Å². The fraction of sp³-hybridized carbons (Fsp3) is 0.235. The Morgan fingerprint density at radius 3 is 2.69 bits per heavy atom. The lowest BCUT2D eigenvalue weighted by molar-refractivity contribution is -0.120. The third-order valence-corrected chi connectivity index (χ3v) is 5.50. The molecule has 1 aliphatic rings. The van der Waals surface area contributed by atoms with Gasteiger partial charge in [-0.1, -0.05) is 0 Å². The van der Waals surface area contributed by atoms with E-state index in [1.807, 2.05) is 0 Å². The Bertz CT molecular complexity index is 944. The highest BCUT2D eigenvalue weighted by molar-refractivity contribution is 7.89. The van der Waals surface area contributed by atoms with Crippen molar-refractivity contribution in [1.82, 2.24) is 15.0 Å². The van der Waals surface area contributed by atoms with Crippen molar-refractivity contribution in [2.45, 2.75) is 17.9 Å². The van der Waals surface area contributed by atoms with Gasteiger partial charge in [0.15, 0.2) is 0 Å². The zero-order chi connectivity index (χ0) is 18.7. The van der Waals surface area contributed by atoms with Crippen molar-refractivity contribution in [3.05, 3.63) is 53.9 Å². The maximum Gasteiger partial charge on any atom is 0.241 e. The molecule has 136 valence electrons. The van der Waals surface area contributed by atoms with Gasteiger partial charge >= 0.3 is 0 Å². The number of sulfonamides is 1. The molecule has 0 saturated heterocycles. The number of hydrogen-bond donors (Lipinski definition) is 2. The van der Waals surface area contributed by atoms with E-state index >= 15 is 0 Å². The van der Waals surface area contributed by atoms with Gasteiger partial charge < -0.3 is 10.2 Å². The van der Waals surface area contributed by atoms with Crippen molar-refractivity contribution in [3.8, 4) is 0 Å². The summed E-state index contributed by atoms with van der Waals surface area (Å²) in [4.78, 5) is 29.0. The Hall–Kier alpha value is -2.78. The van der Waals surface area contributed by atoms with Gasteiger partial charge in [0, 0.05) is 31.7 Å². The third kappa shape index (κ3) is 3.89. The first-order valence-corrected chi connectivity index (χ1v) is 9.40. The lowest BCUT2D eigenvalue weighted by Gasteiger charge is -2.11. The number of fused-ring (bicyclic) bond motifs is 1. The standard InChI is InChI=1S/C17H18N4O4S/c1-21-15-3-2-14(8-13(15)9-17(21)23)26(24,25)20-11-16(22)19-10-12-4-6-18-7-5-12/h2-8,20H,9-11H2,1H3,(H,19,22). The fourth-order valence-corrected chi connectivity index (χ4v) is 3.65. The molecular formula is C17H18N4O4S. The molecule has 3 rings (SSSR count). The number of pyridine rings is 1. The van der Waals surface area contributed by atoms with E-state index in [-0.39, 0.29) is 30.3 Å². The first-order valence-electron chi connectivity index (χ1n) is 7.91. The summed E-state index contributed by atoms with van der Waals surface area (Å²) in [5, 5.41) is 2.63. The number of benzene rings is 1. The van der Waals surface area contributed by atoms with Crippen LogP contribution in [0.5, 0.6) is 0 Å². The minimum Gasteiger partial charge on any atom is -0.351 e. The molecule has 0 saturated carbocycles. The number of rotatable bonds is 6. The smallest absolute Gasteiger partial charge is 0.241 e. The number of anilines is 1. The van der Waals surface area contributed by atoms with Crippen LogP contribution in [0.2, 0.25) is 0 Å². The van der Waals surface area contributed by atoms with Crippen LogP contribution in [0.1, 0.15) is 11.1 Å². The Morgan fingerprint density at radius 1 is 1.23 bits per heavy atom. The molecule has 0 spiro atoms. The quantitative estimate of drug-likeness (QED) is 0.751. The maximum atomic E-state index is 12.4. The number of likely N-dealkylation sites (N-methyl/N-ethyl adjacent to an activating group) is 1. The molecule has 0 radical (unpaired) electrons. The molecule has 1 aromatic carbocycles. The van der Waals surface area contributed by atoms with Crippen molar-refractivity contribution in [2.75, 3.05) is 18.5 Å². The van der Waals surface area contributed by atoms with Gasteiger partial charge in [-0.3, -0.25) is 14.6 Å². The summed E-state index contributed by atoms with van der Waals surface area (Å²) in [5.41, 5.74) is 2.22. The van der Waals surface area contributed by atoms with Crippen molar-refractivity contribution in [2.24, 2.45) is 0 Å². The minimum absolute atomic E-state index is 0.0290. The summed E-state index contributed by atoms with van der Waals surface area (Å²) in [5.74, 6) is -0.528. The minimum atomic E-state index is -3.85. The molecule has 0 unspecified atom stereocenters. The largest absolute Gasteiger partial charge is 0.351 e. The highest BCUT2D eigenvalue weighted by Gasteiger charge is 2.26. The lowest BCUT2D eigenvalue weighted by atomic mass is 10.2. The van der Waals surface area contributed by atoms with Crippen LogP contribution in [0.25, 0.3) is 0 Å². The number of carbonyl (C=O) groups is 2. The van der Waals surface area contributed by atoms with Gasteiger partial charge in [0.1, 0.15) is 0 Å². The Labute approximate surface area is 151 Å². The normalized spacial score (nSPS) is 13.6. The molecule has 0 atom stereocenters. The summed E-state index contributed by atoms with van der Waals surface area (Å²) in [6.07, 6.45) is 3.39. The third-order valence-electron chi connectivity index (χ3n) is 4.10. The first kappa shape index (κ1) is 18.0. The van der Waals surface area contributed by atoms with Gasteiger partial charge in [0.05, 0.1) is 17.9 Å². The van der Waals surface area contributed by atoms with E-state index < -0.39 is 15.9 Å². The number of nitrogens with zero attached hydrogens (tertiary/aromatic N) is 2. The summed E-state index contributed by atoms with van der Waals surface area (Å²) in [6.45, 7) is -0.0836. The molecule has 2 aromatic rings. The second-order valence-electron chi connectivity index (χ2n) is 5.88. The number of nitrogens with one attached hydrogen (secondary N) is 2. The van der Waals surface area contributed by atoms with Crippen LogP contribution in [-0.2, 0) is 32.6 Å². The summed E-state index contributed by atoms with van der Waals surface area (Å²) < 4.78 is 27.0. The van der Waals surface area contributed by atoms with E-state index in [1.54, 1.807) is 37.6 Å². The van der Waals surface area contributed by atoms with Crippen molar-refractivity contribution in [1.29, 1.82) is 0 Å². The molecule has 9 heteroatoms. The SMILES string of the molecule is CN1C(=O)Cc2cc(S(=O)(=O)NCC(=O)NCc3ccncc3)ccc21. The summed E-state index contributed by atoms with van der Waals surface area (Å²) in [6, 6.07) is 8.00. The van der Waals surface area contributed by atoms with Gasteiger partial charge in [0.25, 0.3) is 0 Å². The molecule has 1 aromatic heterocycles. The molecule has 0 fully saturated rings. The Kier molecular flexibility index (Phi) is 5.01. The van der Waals surface area contributed by atoms with E-state index in [4.69, 9.17) is 0 Å². The van der Waals surface area contributed by atoms with Gasteiger partial charge in [-0.25, -0.2) is 13.1 Å². The Balaban J connectivity index is 1.60. The Morgan fingerprint density at radius 2 is 1.96 bits per heavy atom. The number of carbonyl (C=O) groups excluding carboxylic acids is 2. The molecule has 0 aliphatic carbocycles. The molecule has 2 N–H and O–H groups in total. The first-order chi connectivity index (χ1) is 12.4. The molecule has 1 aliphatic heterocycles. The highest BCUT2D eigenvalue weighted by Crippen LogP contribution is 2.29. The topological polar surface area (TPSA) is 108 Å². The zero-order valence-electron chi connectivity index (χ0n) is 14.1. The van der Waals surface area contributed by atoms with E-state index in [0.717, 1.165) is 5.56 Å². The molecule has 2 heterocycles. The van der Waals surface area contributed by atoms with E-state index in [1.165, 1.54) is 17.0 Å². The van der Waals surface area contributed by atoms with Crippen molar-refractivity contribution < 1.29 is 18.0 Å². The average Bonchev–Trinajstić information content (AvgIpc) is 2.93. The molecule has 26 heavy (non-hydrogen) atoms. The van der Waals surface area contributed by atoms with Crippen LogP contribution < -0.4 is 14.9 Å². The number of aromatic nitrogens is 1. The van der Waals surface area contributed by atoms with E-state index in [0.29, 0.717) is 11.3 Å². The van der Waals surface area contributed by atoms with E-state index in [2.05, 4.69) is 15.0 Å². The van der Waals surface area contributed by atoms with Gasteiger partial charge in [0.2, 0.25) is 21.8 Å². The van der Waals surface area contributed by atoms with Gasteiger partial charge in [-0.2, -0.15) is 0 Å². The van der Waals surface area contributed by atoms with Crippen LogP contribution in [0.3, 0.4) is 0 Å². The monoisotopic (exact) mass is 374 g/mol. The summed E-state index contributed by atoms with van der Waals surface area (Å²) >= 11 is 0. The summed E-state index contributed by atoms with van der Waals surface area (Å²) in [7, 11) is -2.20. The zero-order valence-corrected chi connectivity index (χ0v) is 14.9. The van der Waals surface area contributed by atoms with Crippen LogP contribution in [0, 0.1) is 0 Å². The van der Waals surface area contributed by atoms with Crippen LogP contribution in [0.15, 0.2) is 47.6 Å². The number of hydrogen-bond acceptors (Lipinski definition) is 5. The van der Waals surface area contributed by atoms with E-state index in [9.17, 15) is 18.0 Å². The lowest BCUT2D eigenvalue weighted by Crippen LogP contribution is -2.36. The predicted octanol–water partition coefficient (Wildman–Crippen LogP) is 0.195. The second kappa shape index (κ2) is 7.22. The predicted molar refractivity (Wildman–Crippen MR) is 94.8 cm³/mol. The highest BCUT2D eigenvalue weighted by atomic mass is 32.2. The fourth-order valence-electron chi connectivity index (χ4n) is 2.62. The van der Waals surface area contributed by atoms with Crippen LogP contribution in [0.4, 0.5) is 5.69 Å². The van der Waals surface area contributed by atoms with Crippen molar-refractivity contribution in [3.63, 3.8) is 0 Å². The molecule has 8 nitrogen and oxygen atoms in total. The number of amides is 2. The van der Waals surface area contributed by atoms with Gasteiger partial charge in [-0.05, 0) is 41.5 Å². The second-order valence-corrected chi connectivity index (χ2v) is 7.64. The maximum absolute atomic E-state index is 12.4. The van der Waals surface area contributed by atoms with Crippen LogP contribution >= 0.6 is 0 Å². The molecule has 0 bridgehead atoms. The van der Waals surface area contributed by atoms with Crippen molar-refractivity contribution >= 4 is 27.5 Å².